The van der Waals surface area contributed by atoms with Crippen molar-refractivity contribution in [2.45, 2.75) is 200 Å². The van der Waals surface area contributed by atoms with E-state index in [0.29, 0.717) is 6.42 Å². The SMILES string of the molecule is CCCCCC/C=C\CCCCCCCC(=O)O[C@H](COC(=O)CCCCCCCCCCCCCCCCC)COP(=O)([O-])OCC[NH3+]. The molecule has 0 heterocycles. The van der Waals surface area contributed by atoms with Crippen molar-refractivity contribution >= 4 is 19.8 Å². The first-order valence-electron chi connectivity index (χ1n) is 20.2. The van der Waals surface area contributed by atoms with Gasteiger partial charge in [-0.3, -0.25) is 14.2 Å². The van der Waals surface area contributed by atoms with Gasteiger partial charge in [0.05, 0.1) is 13.2 Å². The van der Waals surface area contributed by atoms with Crippen molar-refractivity contribution in [2.24, 2.45) is 0 Å². The highest BCUT2D eigenvalue weighted by atomic mass is 31.2. The second-order valence-corrected chi connectivity index (χ2v) is 15.0. The Morgan fingerprint density at radius 3 is 1.47 bits per heavy atom. The van der Waals surface area contributed by atoms with Crippen molar-refractivity contribution in [1.29, 1.82) is 0 Å². The van der Waals surface area contributed by atoms with Crippen molar-refractivity contribution in [3.63, 3.8) is 0 Å². The fraction of sp³-hybridized carbons (Fsp3) is 0.897. The summed E-state index contributed by atoms with van der Waals surface area (Å²) in [7, 11) is -4.58. The van der Waals surface area contributed by atoms with E-state index in [1.807, 2.05) is 0 Å². The molecular formula is C39H76NO8P. The van der Waals surface area contributed by atoms with E-state index in [-0.39, 0.29) is 38.6 Å². The Balaban J connectivity index is 4.17. The zero-order valence-electron chi connectivity index (χ0n) is 31.8. The van der Waals surface area contributed by atoms with Gasteiger partial charge in [0.1, 0.15) is 13.2 Å². The van der Waals surface area contributed by atoms with Gasteiger partial charge >= 0.3 is 11.9 Å². The predicted molar refractivity (Wildman–Crippen MR) is 198 cm³/mol. The number of carbonyl (C=O) groups excluding carboxylic acids is 2. The van der Waals surface area contributed by atoms with Gasteiger partial charge in [0.15, 0.2) is 6.10 Å². The molecule has 49 heavy (non-hydrogen) atoms. The zero-order valence-corrected chi connectivity index (χ0v) is 32.7. The smallest absolute Gasteiger partial charge is 0.306 e. The van der Waals surface area contributed by atoms with Gasteiger partial charge < -0.3 is 29.1 Å². The van der Waals surface area contributed by atoms with E-state index in [4.69, 9.17) is 18.5 Å². The largest absolute Gasteiger partial charge is 0.756 e. The number of hydrogen-bond acceptors (Lipinski definition) is 8. The maximum atomic E-state index is 12.5. The van der Waals surface area contributed by atoms with Crippen LogP contribution in [0.1, 0.15) is 194 Å². The Morgan fingerprint density at radius 2 is 1.00 bits per heavy atom. The van der Waals surface area contributed by atoms with Crippen molar-refractivity contribution in [2.75, 3.05) is 26.4 Å². The minimum absolute atomic E-state index is 0.102. The van der Waals surface area contributed by atoms with Gasteiger partial charge in [0, 0.05) is 12.8 Å². The third kappa shape index (κ3) is 36.3. The molecule has 1 unspecified atom stereocenters. The summed E-state index contributed by atoms with van der Waals surface area (Å²) >= 11 is 0. The molecule has 0 amide bonds. The normalized spacial score (nSPS) is 13.5. The lowest BCUT2D eigenvalue weighted by Crippen LogP contribution is -2.52. The topological polar surface area (TPSA) is 139 Å². The molecule has 0 radical (unpaired) electrons. The molecule has 0 rings (SSSR count). The monoisotopic (exact) mass is 718 g/mol. The van der Waals surface area contributed by atoms with Gasteiger partial charge in [0.25, 0.3) is 7.82 Å². The molecule has 0 aromatic rings. The number of hydrogen-bond donors (Lipinski definition) is 1. The summed E-state index contributed by atoms with van der Waals surface area (Å²) in [4.78, 5) is 36.9. The molecule has 10 heteroatoms. The summed E-state index contributed by atoms with van der Waals surface area (Å²) < 4.78 is 32.4. The van der Waals surface area contributed by atoms with E-state index in [2.05, 4.69) is 31.7 Å². The van der Waals surface area contributed by atoms with Crippen LogP contribution >= 0.6 is 7.82 Å². The maximum Gasteiger partial charge on any atom is 0.306 e. The Labute approximate surface area is 300 Å². The van der Waals surface area contributed by atoms with E-state index in [1.165, 1.54) is 109 Å². The van der Waals surface area contributed by atoms with E-state index in [9.17, 15) is 19.0 Å². The third-order valence-electron chi connectivity index (χ3n) is 8.67. The Morgan fingerprint density at radius 1 is 0.592 bits per heavy atom. The molecule has 9 nitrogen and oxygen atoms in total. The van der Waals surface area contributed by atoms with E-state index < -0.39 is 26.5 Å². The summed E-state index contributed by atoms with van der Waals surface area (Å²) in [6.45, 7) is 3.92. The van der Waals surface area contributed by atoms with Crippen LogP contribution in [0.5, 0.6) is 0 Å². The van der Waals surface area contributed by atoms with Crippen molar-refractivity contribution < 1.29 is 43.3 Å². The molecule has 0 aromatic heterocycles. The molecule has 0 aliphatic carbocycles. The summed E-state index contributed by atoms with van der Waals surface area (Å²) in [5.74, 6) is -0.849. The molecule has 0 saturated carbocycles. The van der Waals surface area contributed by atoms with Crippen LogP contribution in [0.2, 0.25) is 0 Å². The highest BCUT2D eigenvalue weighted by molar-refractivity contribution is 7.45. The number of allylic oxidation sites excluding steroid dienone is 2. The van der Waals surface area contributed by atoms with Gasteiger partial charge in [-0.05, 0) is 38.5 Å². The summed E-state index contributed by atoms with van der Waals surface area (Å²) in [5, 5.41) is 0. The minimum atomic E-state index is -4.58. The summed E-state index contributed by atoms with van der Waals surface area (Å²) in [5.41, 5.74) is 3.55. The number of esters is 2. The lowest BCUT2D eigenvalue weighted by Gasteiger charge is -2.25. The Hall–Kier alpha value is -1.25. The van der Waals surface area contributed by atoms with Crippen molar-refractivity contribution in [1.82, 2.24) is 0 Å². The molecule has 0 spiro atoms. The van der Waals surface area contributed by atoms with E-state index in [0.717, 1.165) is 51.4 Å². The number of phosphoric ester groups is 1. The van der Waals surface area contributed by atoms with Crippen LogP contribution in [0.25, 0.3) is 0 Å². The molecule has 0 bridgehead atoms. The van der Waals surface area contributed by atoms with Crippen LogP contribution in [0.4, 0.5) is 0 Å². The molecule has 290 valence electrons. The Kier molecular flexibility index (Phi) is 35.6. The van der Waals surface area contributed by atoms with Crippen LogP contribution in [0.15, 0.2) is 12.2 Å². The molecule has 0 aliphatic heterocycles. The van der Waals surface area contributed by atoms with Crippen LogP contribution in [-0.2, 0) is 32.7 Å². The average molecular weight is 718 g/mol. The number of ether oxygens (including phenoxy) is 2. The molecule has 0 fully saturated rings. The molecule has 0 saturated heterocycles. The quantitative estimate of drug-likeness (QED) is 0.0288. The second kappa shape index (κ2) is 36.5. The van der Waals surface area contributed by atoms with Gasteiger partial charge in [-0.15, -0.1) is 0 Å². The second-order valence-electron chi connectivity index (χ2n) is 13.6. The van der Waals surface area contributed by atoms with Gasteiger partial charge in [-0.25, -0.2) is 0 Å². The first-order chi connectivity index (χ1) is 23.8. The number of carbonyl (C=O) groups is 2. The number of unbranched alkanes of at least 4 members (excludes halogenated alkanes) is 23. The summed E-state index contributed by atoms with van der Waals surface area (Å²) in [6, 6.07) is 0. The van der Waals surface area contributed by atoms with Crippen LogP contribution in [0.3, 0.4) is 0 Å². The average Bonchev–Trinajstić information content (AvgIpc) is 3.08. The number of rotatable bonds is 38. The maximum absolute atomic E-state index is 12.5. The van der Waals surface area contributed by atoms with Crippen molar-refractivity contribution in [3.8, 4) is 0 Å². The van der Waals surface area contributed by atoms with E-state index >= 15 is 0 Å². The van der Waals surface area contributed by atoms with Crippen LogP contribution in [-0.4, -0.2) is 44.4 Å². The van der Waals surface area contributed by atoms with Gasteiger partial charge in [0.2, 0.25) is 0 Å². The number of phosphoric acid groups is 1. The third-order valence-corrected chi connectivity index (χ3v) is 9.63. The first-order valence-corrected chi connectivity index (χ1v) is 21.7. The van der Waals surface area contributed by atoms with Gasteiger partial charge in [-0.2, -0.15) is 0 Å². The van der Waals surface area contributed by atoms with Crippen LogP contribution < -0.4 is 10.6 Å². The fourth-order valence-corrected chi connectivity index (χ4v) is 6.41. The fourth-order valence-electron chi connectivity index (χ4n) is 5.63. The van der Waals surface area contributed by atoms with Gasteiger partial charge in [-0.1, -0.05) is 154 Å². The molecule has 0 aliphatic rings. The molecule has 3 N–H and O–H groups in total. The summed E-state index contributed by atoms with van der Waals surface area (Å²) in [6.07, 6.45) is 35.1. The lowest BCUT2D eigenvalue weighted by molar-refractivity contribution is -0.373. The van der Waals surface area contributed by atoms with Crippen molar-refractivity contribution in [3.05, 3.63) is 12.2 Å². The number of quaternary nitrogens is 1. The highest BCUT2D eigenvalue weighted by Crippen LogP contribution is 2.38. The molecule has 2 atom stereocenters. The van der Waals surface area contributed by atoms with E-state index in [1.54, 1.807) is 0 Å². The first kappa shape index (κ1) is 47.8. The molecule has 0 aromatic carbocycles. The minimum Gasteiger partial charge on any atom is -0.756 e. The standard InChI is InChI=1S/C39H76NO8P/c1-3-5-7-9-11-13-15-17-18-20-21-23-25-27-29-31-38(41)45-35-37(36-47-49(43,44)46-34-33-40)48-39(42)32-30-28-26-24-22-19-16-14-12-10-8-6-4-2/h14,16,37H,3-13,15,17-36,40H2,1-2H3,(H,43,44)/b16-14-/t37-/m1/s1. The molecular weight excluding hydrogens is 641 g/mol. The van der Waals surface area contributed by atoms with Crippen LogP contribution in [0, 0.1) is 0 Å². The predicted octanol–water partition coefficient (Wildman–Crippen LogP) is 9.70. The Bertz CT molecular complexity index is 825. The zero-order chi connectivity index (χ0) is 36.1. The lowest BCUT2D eigenvalue weighted by atomic mass is 10.0. The highest BCUT2D eigenvalue weighted by Gasteiger charge is 2.21.